The Morgan fingerprint density at radius 3 is 2.89 bits per heavy atom. The molecule has 3 heteroatoms. The lowest BCUT2D eigenvalue weighted by Gasteiger charge is -2.11. The molecule has 0 aromatic carbocycles. The van der Waals surface area contributed by atoms with Crippen LogP contribution in [-0.4, -0.2) is 17.5 Å². The van der Waals surface area contributed by atoms with E-state index in [2.05, 4.69) is 0 Å². The predicted molar refractivity (Wildman–Crippen MR) is 34.4 cm³/mol. The van der Waals surface area contributed by atoms with Gasteiger partial charge >= 0.3 is 0 Å². The van der Waals surface area contributed by atoms with E-state index in [1.807, 2.05) is 0 Å². The first-order valence-corrected chi connectivity index (χ1v) is 3.36. The molecule has 1 rings (SSSR count). The smallest absolute Gasteiger partial charge is 0.236 e. The van der Waals surface area contributed by atoms with E-state index in [0.717, 1.165) is 25.8 Å². The molecule has 1 amide bonds. The number of amides is 1. The van der Waals surface area contributed by atoms with E-state index in [-0.39, 0.29) is 5.91 Å². The number of carbonyl (C=O) groups excluding carboxylic acids is 1. The fourth-order valence-corrected chi connectivity index (χ4v) is 1.00. The first-order valence-electron chi connectivity index (χ1n) is 3.36. The van der Waals surface area contributed by atoms with Crippen molar-refractivity contribution in [3.8, 4) is 0 Å². The van der Waals surface area contributed by atoms with Gasteiger partial charge in [0, 0.05) is 13.0 Å². The van der Waals surface area contributed by atoms with Crippen LogP contribution in [0.4, 0.5) is 0 Å². The van der Waals surface area contributed by atoms with Crippen LogP contribution in [0, 0.1) is 0 Å². The Morgan fingerprint density at radius 2 is 2.11 bits per heavy atom. The van der Waals surface area contributed by atoms with Crippen molar-refractivity contribution in [2.45, 2.75) is 25.7 Å². The molecule has 1 fully saturated rings. The highest BCUT2D eigenvalue weighted by molar-refractivity contribution is 5.75. The molecule has 1 heterocycles. The molecule has 1 saturated heterocycles. The molecule has 0 unspecified atom stereocenters. The highest BCUT2D eigenvalue weighted by atomic mass is 16.2. The van der Waals surface area contributed by atoms with Gasteiger partial charge in [-0.1, -0.05) is 6.42 Å². The first kappa shape index (κ1) is 6.55. The minimum atomic E-state index is 0.0903. The molecule has 3 nitrogen and oxygen atoms in total. The number of hydrogen-bond acceptors (Lipinski definition) is 2. The molecule has 0 radical (unpaired) electrons. The highest BCUT2D eigenvalue weighted by Crippen LogP contribution is 2.07. The fourth-order valence-electron chi connectivity index (χ4n) is 1.00. The summed E-state index contributed by atoms with van der Waals surface area (Å²) in [4.78, 5) is 10.8. The summed E-state index contributed by atoms with van der Waals surface area (Å²) in [5.74, 6) is 5.45. The minimum absolute atomic E-state index is 0.0903. The normalized spacial score (nSPS) is 21.9. The predicted octanol–water partition coefficient (Wildman–Crippen LogP) is 0.263. The Morgan fingerprint density at radius 1 is 1.33 bits per heavy atom. The Bertz CT molecular complexity index is 114. The molecule has 0 aromatic heterocycles. The van der Waals surface area contributed by atoms with Crippen LogP contribution >= 0.6 is 0 Å². The molecule has 52 valence electrons. The summed E-state index contributed by atoms with van der Waals surface area (Å²) in [6, 6.07) is 0. The average Bonchev–Trinajstić information content (AvgIpc) is 1.99. The van der Waals surface area contributed by atoms with Crippen molar-refractivity contribution in [1.82, 2.24) is 5.01 Å². The number of carbonyl (C=O) groups is 1. The fraction of sp³-hybridized carbons (Fsp3) is 0.833. The SMILES string of the molecule is NN1CCCCCC1=O. The summed E-state index contributed by atoms with van der Waals surface area (Å²) in [5.41, 5.74) is 0. The van der Waals surface area contributed by atoms with Crippen LogP contribution in [-0.2, 0) is 4.79 Å². The lowest BCUT2D eigenvalue weighted by atomic mass is 10.2. The van der Waals surface area contributed by atoms with Crippen molar-refractivity contribution in [2.24, 2.45) is 5.84 Å². The third-order valence-corrected chi connectivity index (χ3v) is 1.61. The Balaban J connectivity index is 2.41. The van der Waals surface area contributed by atoms with Crippen LogP contribution < -0.4 is 5.84 Å². The van der Waals surface area contributed by atoms with Crippen molar-refractivity contribution < 1.29 is 4.79 Å². The molecular formula is C6H12N2O. The van der Waals surface area contributed by atoms with E-state index in [0.29, 0.717) is 6.42 Å². The van der Waals surface area contributed by atoms with Crippen LogP contribution in [0.2, 0.25) is 0 Å². The van der Waals surface area contributed by atoms with Gasteiger partial charge in [-0.25, -0.2) is 5.84 Å². The molecule has 0 atom stereocenters. The number of hydrogen-bond donors (Lipinski definition) is 1. The number of nitrogens with zero attached hydrogens (tertiary/aromatic N) is 1. The summed E-state index contributed by atoms with van der Waals surface area (Å²) in [6.45, 7) is 0.735. The van der Waals surface area contributed by atoms with Crippen LogP contribution in [0.5, 0.6) is 0 Å². The van der Waals surface area contributed by atoms with E-state index in [1.165, 1.54) is 5.01 Å². The van der Waals surface area contributed by atoms with E-state index >= 15 is 0 Å². The zero-order valence-corrected chi connectivity index (χ0v) is 5.47. The molecule has 0 aromatic rings. The second-order valence-electron chi connectivity index (χ2n) is 2.40. The largest absolute Gasteiger partial charge is 0.281 e. The van der Waals surface area contributed by atoms with Crippen molar-refractivity contribution >= 4 is 5.91 Å². The monoisotopic (exact) mass is 128 g/mol. The lowest BCUT2D eigenvalue weighted by molar-refractivity contribution is -0.130. The van der Waals surface area contributed by atoms with Crippen molar-refractivity contribution in [1.29, 1.82) is 0 Å². The lowest BCUT2D eigenvalue weighted by Crippen LogP contribution is -2.36. The molecular weight excluding hydrogens is 116 g/mol. The number of rotatable bonds is 0. The summed E-state index contributed by atoms with van der Waals surface area (Å²) in [7, 11) is 0. The Hall–Kier alpha value is -0.570. The van der Waals surface area contributed by atoms with Gasteiger partial charge in [0.25, 0.3) is 0 Å². The van der Waals surface area contributed by atoms with Crippen molar-refractivity contribution in [2.75, 3.05) is 6.54 Å². The van der Waals surface area contributed by atoms with E-state index in [9.17, 15) is 4.79 Å². The van der Waals surface area contributed by atoms with Gasteiger partial charge in [-0.05, 0) is 12.8 Å². The molecule has 1 aliphatic rings. The van der Waals surface area contributed by atoms with Crippen LogP contribution in [0.3, 0.4) is 0 Å². The van der Waals surface area contributed by atoms with Crippen molar-refractivity contribution in [3.05, 3.63) is 0 Å². The third kappa shape index (κ3) is 1.68. The van der Waals surface area contributed by atoms with Gasteiger partial charge in [0.1, 0.15) is 0 Å². The molecule has 9 heavy (non-hydrogen) atoms. The topological polar surface area (TPSA) is 46.3 Å². The van der Waals surface area contributed by atoms with Gasteiger partial charge in [0.2, 0.25) is 5.91 Å². The average molecular weight is 128 g/mol. The quantitative estimate of drug-likeness (QED) is 0.376. The molecule has 0 aliphatic carbocycles. The van der Waals surface area contributed by atoms with Gasteiger partial charge in [0.05, 0.1) is 0 Å². The Kier molecular flexibility index (Phi) is 2.05. The molecule has 2 N–H and O–H groups in total. The van der Waals surface area contributed by atoms with Gasteiger partial charge in [-0.3, -0.25) is 9.80 Å². The summed E-state index contributed by atoms with van der Waals surface area (Å²) in [5, 5.41) is 1.33. The van der Waals surface area contributed by atoms with Gasteiger partial charge < -0.3 is 0 Å². The third-order valence-electron chi connectivity index (χ3n) is 1.61. The molecule has 0 spiro atoms. The zero-order valence-electron chi connectivity index (χ0n) is 5.47. The maximum atomic E-state index is 10.8. The molecule has 0 saturated carbocycles. The first-order chi connectivity index (χ1) is 4.30. The van der Waals surface area contributed by atoms with Crippen LogP contribution in [0.1, 0.15) is 25.7 Å². The standard InChI is InChI=1S/C6H12N2O/c7-8-5-3-1-2-4-6(8)9/h1-5,7H2. The van der Waals surface area contributed by atoms with E-state index < -0.39 is 0 Å². The van der Waals surface area contributed by atoms with Crippen molar-refractivity contribution in [3.63, 3.8) is 0 Å². The second kappa shape index (κ2) is 2.82. The van der Waals surface area contributed by atoms with E-state index in [1.54, 1.807) is 0 Å². The van der Waals surface area contributed by atoms with E-state index in [4.69, 9.17) is 5.84 Å². The Labute approximate surface area is 54.8 Å². The van der Waals surface area contributed by atoms with Gasteiger partial charge in [0.15, 0.2) is 0 Å². The number of nitrogens with two attached hydrogens (primary N) is 1. The minimum Gasteiger partial charge on any atom is -0.281 e. The summed E-state index contributed by atoms with van der Waals surface area (Å²) >= 11 is 0. The zero-order chi connectivity index (χ0) is 6.69. The maximum absolute atomic E-state index is 10.8. The molecule has 0 bridgehead atoms. The molecule has 1 aliphatic heterocycles. The van der Waals surface area contributed by atoms with Gasteiger partial charge in [-0.15, -0.1) is 0 Å². The van der Waals surface area contributed by atoms with Crippen LogP contribution in [0.15, 0.2) is 0 Å². The maximum Gasteiger partial charge on any atom is 0.236 e. The summed E-state index contributed by atoms with van der Waals surface area (Å²) in [6.07, 6.45) is 3.84. The highest BCUT2D eigenvalue weighted by Gasteiger charge is 2.11. The number of hydrazine groups is 1. The summed E-state index contributed by atoms with van der Waals surface area (Å²) < 4.78 is 0. The van der Waals surface area contributed by atoms with Crippen LogP contribution in [0.25, 0.3) is 0 Å². The van der Waals surface area contributed by atoms with Gasteiger partial charge in [-0.2, -0.15) is 0 Å². The second-order valence-corrected chi connectivity index (χ2v) is 2.40.